The fourth-order valence-electron chi connectivity index (χ4n) is 6.69. The first-order valence-electron chi connectivity index (χ1n) is 14.7. The number of carbonyl (C=O) groups excluding carboxylic acids is 1. The van der Waals surface area contributed by atoms with Crippen molar-refractivity contribution in [2.45, 2.75) is 51.2 Å². The van der Waals surface area contributed by atoms with E-state index >= 15 is 0 Å². The number of carbonyl (C=O) groups is 1. The third kappa shape index (κ3) is 4.86. The number of piperazine rings is 1. The van der Waals surface area contributed by atoms with Crippen molar-refractivity contribution >= 4 is 17.1 Å². The van der Waals surface area contributed by atoms with Gasteiger partial charge >= 0.3 is 0 Å². The van der Waals surface area contributed by atoms with Gasteiger partial charge < -0.3 is 14.5 Å². The van der Waals surface area contributed by atoms with E-state index < -0.39 is 0 Å². The second-order valence-corrected chi connectivity index (χ2v) is 12.0. The molecule has 1 aromatic carbocycles. The van der Waals surface area contributed by atoms with Crippen LogP contribution in [0, 0.1) is 23.2 Å². The summed E-state index contributed by atoms with van der Waals surface area (Å²) in [7, 11) is 1.82. The Kier molecular flexibility index (Phi) is 7.28. The highest BCUT2D eigenvalue weighted by molar-refractivity contribution is 5.81. The lowest BCUT2D eigenvalue weighted by atomic mass is 9.82. The van der Waals surface area contributed by atoms with Crippen molar-refractivity contribution in [1.29, 1.82) is 5.26 Å². The molecule has 0 N–H and O–H groups in total. The van der Waals surface area contributed by atoms with Gasteiger partial charge in [-0.25, -0.2) is 4.52 Å². The molecule has 2 aromatic heterocycles. The van der Waals surface area contributed by atoms with Crippen molar-refractivity contribution in [3.05, 3.63) is 54.4 Å². The summed E-state index contributed by atoms with van der Waals surface area (Å²) in [6.45, 7) is 9.38. The number of methoxy groups -OCH3 is 1. The number of aromatic nitrogens is 2. The van der Waals surface area contributed by atoms with Crippen molar-refractivity contribution in [2.24, 2.45) is 11.8 Å². The molecule has 8 nitrogen and oxygen atoms in total. The summed E-state index contributed by atoms with van der Waals surface area (Å²) in [5, 5.41) is 13.8. The largest absolute Gasteiger partial charge is 0.371 e. The van der Waals surface area contributed by atoms with E-state index in [1.807, 2.05) is 22.7 Å². The number of ether oxygens (including phenoxy) is 1. The van der Waals surface area contributed by atoms with Gasteiger partial charge in [0.15, 0.2) is 0 Å². The van der Waals surface area contributed by atoms with Gasteiger partial charge in [-0.3, -0.25) is 9.69 Å². The maximum Gasteiger partial charge on any atom is 0.225 e. The van der Waals surface area contributed by atoms with Crippen molar-refractivity contribution in [3.63, 3.8) is 0 Å². The standard InChI is InChI=1S/C32H40N6O2/c1-23(2)37-21-32(22-37,40-3)28-10-8-25(9-11-28)27-18-30-29(12-13-34-38(30)20-27)35-14-16-36(17-15-35)31(39)26-6-4-24(19-33)5-7-26/h8-13,18,20,23-24,26H,4-7,14-17,21-22H2,1-3H3. The summed E-state index contributed by atoms with van der Waals surface area (Å²) in [5.74, 6) is 0.485. The topological polar surface area (TPSA) is 77.1 Å². The number of nitrogens with zero attached hydrogens (tertiary/aromatic N) is 6. The third-order valence-electron chi connectivity index (χ3n) is 9.46. The minimum Gasteiger partial charge on any atom is -0.371 e. The molecule has 0 bridgehead atoms. The van der Waals surface area contributed by atoms with Gasteiger partial charge in [-0.1, -0.05) is 24.3 Å². The van der Waals surface area contributed by atoms with Gasteiger partial charge in [0.05, 0.1) is 17.3 Å². The Morgan fingerprint density at radius 1 is 1.02 bits per heavy atom. The molecule has 0 spiro atoms. The van der Waals surface area contributed by atoms with E-state index in [1.54, 1.807) is 0 Å². The van der Waals surface area contributed by atoms with Crippen LogP contribution in [-0.4, -0.2) is 77.7 Å². The van der Waals surface area contributed by atoms with E-state index in [0.29, 0.717) is 6.04 Å². The second-order valence-electron chi connectivity index (χ2n) is 12.0. The maximum atomic E-state index is 13.1. The molecule has 2 saturated heterocycles. The molecule has 6 rings (SSSR count). The van der Waals surface area contributed by atoms with Crippen LogP contribution in [0.5, 0.6) is 0 Å². The molecule has 3 fully saturated rings. The van der Waals surface area contributed by atoms with E-state index in [-0.39, 0.29) is 23.3 Å². The SMILES string of the molecule is COC1(c2ccc(-c3cc4c(N5CCN(C(=O)C6CCC(C#N)CC6)CC5)ccnn4c3)cc2)CN(C(C)C)C1. The molecule has 40 heavy (non-hydrogen) atoms. The normalized spacial score (nSPS) is 23.3. The number of benzene rings is 1. The minimum atomic E-state index is -0.220. The van der Waals surface area contributed by atoms with Crippen molar-refractivity contribution < 1.29 is 9.53 Å². The zero-order valence-corrected chi connectivity index (χ0v) is 23.9. The van der Waals surface area contributed by atoms with Gasteiger partial charge in [0.2, 0.25) is 5.91 Å². The summed E-state index contributed by atoms with van der Waals surface area (Å²) >= 11 is 0. The molecular weight excluding hydrogens is 500 g/mol. The highest BCUT2D eigenvalue weighted by Crippen LogP contribution is 2.38. The first kappa shape index (κ1) is 26.8. The van der Waals surface area contributed by atoms with Gasteiger partial charge in [-0.15, -0.1) is 0 Å². The average Bonchev–Trinajstić information content (AvgIpc) is 3.42. The number of anilines is 1. The molecule has 3 aliphatic rings. The van der Waals surface area contributed by atoms with Gasteiger partial charge in [0.25, 0.3) is 0 Å². The Labute approximate surface area is 237 Å². The Hall–Kier alpha value is -3.41. The molecule has 1 aliphatic carbocycles. The van der Waals surface area contributed by atoms with Crippen LogP contribution in [0.3, 0.4) is 0 Å². The summed E-state index contributed by atoms with van der Waals surface area (Å²) < 4.78 is 7.95. The van der Waals surface area contributed by atoms with E-state index in [2.05, 4.69) is 77.4 Å². The van der Waals surface area contributed by atoms with Crippen LogP contribution in [0.4, 0.5) is 5.69 Å². The smallest absolute Gasteiger partial charge is 0.225 e. The molecule has 210 valence electrons. The zero-order valence-electron chi connectivity index (χ0n) is 23.9. The molecule has 8 heteroatoms. The number of rotatable bonds is 6. The number of hydrogen-bond acceptors (Lipinski definition) is 6. The number of likely N-dealkylation sites (tertiary alicyclic amines) is 1. The summed E-state index contributed by atoms with van der Waals surface area (Å²) in [4.78, 5) is 20.0. The molecule has 3 aromatic rings. The molecule has 0 radical (unpaired) electrons. The van der Waals surface area contributed by atoms with Crippen LogP contribution in [0.25, 0.3) is 16.6 Å². The zero-order chi connectivity index (χ0) is 27.9. The highest BCUT2D eigenvalue weighted by Gasteiger charge is 2.45. The van der Waals surface area contributed by atoms with E-state index in [4.69, 9.17) is 10.00 Å². The Balaban J connectivity index is 1.13. The van der Waals surface area contributed by atoms with Crippen LogP contribution in [-0.2, 0) is 15.1 Å². The molecule has 2 aliphatic heterocycles. The number of nitriles is 1. The molecular formula is C32H40N6O2. The third-order valence-corrected chi connectivity index (χ3v) is 9.46. The highest BCUT2D eigenvalue weighted by atomic mass is 16.5. The molecule has 1 amide bonds. The number of hydrogen-bond donors (Lipinski definition) is 0. The van der Waals surface area contributed by atoms with Crippen molar-refractivity contribution in [3.8, 4) is 17.2 Å². The van der Waals surface area contributed by atoms with E-state index in [1.165, 1.54) is 5.56 Å². The molecule has 0 atom stereocenters. The first-order valence-corrected chi connectivity index (χ1v) is 14.7. The first-order chi connectivity index (χ1) is 19.4. The monoisotopic (exact) mass is 540 g/mol. The molecule has 1 saturated carbocycles. The Bertz CT molecular complexity index is 1390. The quantitative estimate of drug-likeness (QED) is 0.457. The lowest BCUT2D eigenvalue weighted by Crippen LogP contribution is -2.62. The Morgan fingerprint density at radius 3 is 2.35 bits per heavy atom. The predicted octanol–water partition coefficient (Wildman–Crippen LogP) is 4.55. The van der Waals surface area contributed by atoms with Crippen molar-refractivity contribution in [1.82, 2.24) is 19.4 Å². The maximum absolute atomic E-state index is 13.1. The van der Waals surface area contributed by atoms with Crippen LogP contribution in [0.2, 0.25) is 0 Å². The fraction of sp³-hybridized carbons (Fsp3) is 0.531. The summed E-state index contributed by atoms with van der Waals surface area (Å²) in [6.07, 6.45) is 7.36. The minimum absolute atomic E-state index is 0.0839. The van der Waals surface area contributed by atoms with Crippen LogP contribution in [0.1, 0.15) is 45.1 Å². The number of fused-ring (bicyclic) bond motifs is 1. The van der Waals surface area contributed by atoms with Crippen molar-refractivity contribution in [2.75, 3.05) is 51.3 Å². The van der Waals surface area contributed by atoms with E-state index in [9.17, 15) is 4.79 Å². The fourth-order valence-corrected chi connectivity index (χ4v) is 6.69. The average molecular weight is 541 g/mol. The van der Waals surface area contributed by atoms with Gasteiger partial charge in [0.1, 0.15) is 5.60 Å². The van der Waals surface area contributed by atoms with Crippen LogP contribution >= 0.6 is 0 Å². The summed E-state index contributed by atoms with van der Waals surface area (Å²) in [5.41, 5.74) is 5.54. The molecule has 0 unspecified atom stereocenters. The van der Waals surface area contributed by atoms with Gasteiger partial charge in [-0.05, 0) is 62.8 Å². The lowest BCUT2D eigenvalue weighted by molar-refractivity contribution is -0.141. The van der Waals surface area contributed by atoms with Crippen LogP contribution < -0.4 is 4.90 Å². The second kappa shape index (κ2) is 10.9. The van der Waals surface area contributed by atoms with Gasteiger partial charge in [-0.2, -0.15) is 10.4 Å². The predicted molar refractivity (Wildman–Crippen MR) is 156 cm³/mol. The summed E-state index contributed by atoms with van der Waals surface area (Å²) in [6, 6.07) is 16.0. The van der Waals surface area contributed by atoms with E-state index in [0.717, 1.165) is 87.3 Å². The van der Waals surface area contributed by atoms with Crippen LogP contribution in [0.15, 0.2) is 48.8 Å². The van der Waals surface area contributed by atoms with Gasteiger partial charge in [0, 0.05) is 82.2 Å². The molecule has 4 heterocycles. The lowest BCUT2D eigenvalue weighted by Gasteiger charge is -2.51. The Morgan fingerprint density at radius 2 is 1.73 bits per heavy atom. The number of amides is 1.